The predicted octanol–water partition coefficient (Wildman–Crippen LogP) is -3.40. The Labute approximate surface area is 188 Å². The highest BCUT2D eigenvalue weighted by Gasteiger charge is 2.51. The lowest BCUT2D eigenvalue weighted by Gasteiger charge is -2.46. The number of aromatic hydroxyl groups is 1. The lowest BCUT2D eigenvalue weighted by atomic mass is 9.97. The van der Waals surface area contributed by atoms with Crippen LogP contribution in [-0.4, -0.2) is 115 Å². The molecule has 2 aliphatic rings. The van der Waals surface area contributed by atoms with Gasteiger partial charge in [0.25, 0.3) is 0 Å². The van der Waals surface area contributed by atoms with Crippen LogP contribution in [0.5, 0.6) is 5.75 Å². The normalized spacial score (nSPS) is 40.2. The van der Waals surface area contributed by atoms with E-state index in [4.69, 9.17) is 18.9 Å². The Morgan fingerprint density at radius 2 is 1.39 bits per heavy atom. The van der Waals surface area contributed by atoms with Crippen LogP contribution < -0.4 is 0 Å². The van der Waals surface area contributed by atoms with Gasteiger partial charge < -0.3 is 59.8 Å². The van der Waals surface area contributed by atoms with Crippen molar-refractivity contribution in [2.24, 2.45) is 0 Å². The minimum atomic E-state index is -1.80. The highest BCUT2D eigenvalue weighted by molar-refractivity contribution is 5.29. The highest BCUT2D eigenvalue weighted by Crippen LogP contribution is 2.32. The van der Waals surface area contributed by atoms with E-state index in [1.807, 2.05) is 6.07 Å². The third kappa shape index (κ3) is 5.43. The van der Waals surface area contributed by atoms with Crippen LogP contribution in [-0.2, 0) is 18.9 Å². The van der Waals surface area contributed by atoms with Gasteiger partial charge >= 0.3 is 0 Å². The average molecular weight is 473 g/mol. The van der Waals surface area contributed by atoms with E-state index in [-0.39, 0.29) is 5.75 Å². The molecule has 0 unspecified atom stereocenters. The maximum atomic E-state index is 10.7. The van der Waals surface area contributed by atoms with E-state index >= 15 is 0 Å². The Kier molecular flexibility index (Phi) is 8.56. The average Bonchev–Trinajstić information content (AvgIpc) is 2.82. The first-order valence-electron chi connectivity index (χ1n) is 10.1. The molecular formula is C20H27NO12. The van der Waals surface area contributed by atoms with E-state index < -0.39 is 80.7 Å². The summed E-state index contributed by atoms with van der Waals surface area (Å²) in [5, 5.41) is 89.0. The zero-order chi connectivity index (χ0) is 24.3. The van der Waals surface area contributed by atoms with Crippen LogP contribution in [0.15, 0.2) is 24.3 Å². The second-order valence-corrected chi connectivity index (χ2v) is 7.74. The molecule has 0 bridgehead atoms. The van der Waals surface area contributed by atoms with Gasteiger partial charge in [0.05, 0.1) is 19.3 Å². The first-order valence-corrected chi connectivity index (χ1v) is 10.1. The van der Waals surface area contributed by atoms with Crippen molar-refractivity contribution in [2.45, 2.75) is 67.5 Å². The van der Waals surface area contributed by atoms with Crippen molar-refractivity contribution in [1.82, 2.24) is 0 Å². The quantitative estimate of drug-likeness (QED) is 0.194. The number of nitrogens with zero attached hydrogens (tertiary/aromatic N) is 1. The molecule has 0 aliphatic carbocycles. The topological polar surface area (TPSA) is 223 Å². The van der Waals surface area contributed by atoms with Crippen LogP contribution in [0, 0.1) is 11.3 Å². The molecule has 8 N–H and O–H groups in total. The Hall–Kier alpha value is -1.93. The van der Waals surface area contributed by atoms with E-state index in [1.54, 1.807) is 0 Å². The van der Waals surface area contributed by atoms with Gasteiger partial charge in [-0.25, -0.2) is 0 Å². The summed E-state index contributed by atoms with van der Waals surface area (Å²) in [6.07, 6.45) is -17.4. The molecule has 0 radical (unpaired) electrons. The zero-order valence-corrected chi connectivity index (χ0v) is 17.2. The molecule has 33 heavy (non-hydrogen) atoms. The van der Waals surface area contributed by atoms with Crippen LogP contribution in [0.4, 0.5) is 0 Å². The lowest BCUT2D eigenvalue weighted by Crippen LogP contribution is -2.64. The number of phenolic OH excluding ortho intramolecular Hbond substituents is 1. The summed E-state index contributed by atoms with van der Waals surface area (Å²) in [5.74, 6) is -0.0409. The minimum Gasteiger partial charge on any atom is -0.508 e. The first kappa shape index (κ1) is 25.7. The van der Waals surface area contributed by atoms with Crippen molar-refractivity contribution in [1.29, 1.82) is 5.26 Å². The molecule has 0 saturated carbocycles. The van der Waals surface area contributed by atoms with Crippen LogP contribution in [0.2, 0.25) is 0 Å². The van der Waals surface area contributed by atoms with Crippen molar-refractivity contribution in [3.8, 4) is 11.8 Å². The zero-order valence-electron chi connectivity index (χ0n) is 17.2. The summed E-state index contributed by atoms with van der Waals surface area (Å²) < 4.78 is 21.6. The van der Waals surface area contributed by atoms with Gasteiger partial charge in [-0.3, -0.25) is 0 Å². The molecule has 184 valence electrons. The number of nitriles is 1. The van der Waals surface area contributed by atoms with Gasteiger partial charge in [-0.2, -0.15) is 5.26 Å². The molecule has 13 nitrogen and oxygen atoms in total. The van der Waals surface area contributed by atoms with Crippen molar-refractivity contribution in [3.63, 3.8) is 0 Å². The summed E-state index contributed by atoms with van der Waals surface area (Å²) in [4.78, 5) is 0. The standard InChI is InChI=1S/C20H27NO12/c21-5-10(8-1-3-9(24)4-2-8)30-20-17(29)18(14(26)12(7-23)32-20)33-19-16(28)15(27)13(25)11(6-22)31-19/h1-4,10-20,22-29H,6-7H2/t10-,11+,12+,13+,14+,15-,16+,17+,18-,19-,20+/m0/s1. The van der Waals surface area contributed by atoms with Gasteiger partial charge in [0.2, 0.25) is 0 Å². The molecule has 11 atom stereocenters. The lowest BCUT2D eigenvalue weighted by molar-refractivity contribution is -0.362. The number of hydrogen-bond acceptors (Lipinski definition) is 13. The molecule has 2 aliphatic heterocycles. The van der Waals surface area contributed by atoms with Gasteiger partial charge in [-0.15, -0.1) is 0 Å². The fraction of sp³-hybridized carbons (Fsp3) is 0.650. The fourth-order valence-corrected chi connectivity index (χ4v) is 3.63. The van der Waals surface area contributed by atoms with Gasteiger partial charge in [0.1, 0.15) is 54.6 Å². The summed E-state index contributed by atoms with van der Waals surface area (Å²) in [5.41, 5.74) is 0.323. The molecule has 3 rings (SSSR count). The largest absolute Gasteiger partial charge is 0.508 e. The van der Waals surface area contributed by atoms with Crippen LogP contribution >= 0.6 is 0 Å². The predicted molar refractivity (Wildman–Crippen MR) is 104 cm³/mol. The van der Waals surface area contributed by atoms with Gasteiger partial charge in [-0.1, -0.05) is 12.1 Å². The third-order valence-corrected chi connectivity index (χ3v) is 5.54. The Morgan fingerprint density at radius 1 is 0.818 bits per heavy atom. The Bertz CT molecular complexity index is 801. The summed E-state index contributed by atoms with van der Waals surface area (Å²) in [6.45, 7) is -1.44. The summed E-state index contributed by atoms with van der Waals surface area (Å²) in [6, 6.07) is 7.35. The fourth-order valence-electron chi connectivity index (χ4n) is 3.63. The Balaban J connectivity index is 1.78. The number of phenols is 1. The molecule has 13 heteroatoms. The summed E-state index contributed by atoms with van der Waals surface area (Å²) >= 11 is 0. The Morgan fingerprint density at radius 3 is 1.97 bits per heavy atom. The van der Waals surface area contributed by atoms with Crippen LogP contribution in [0.1, 0.15) is 11.7 Å². The van der Waals surface area contributed by atoms with E-state index in [1.165, 1.54) is 24.3 Å². The van der Waals surface area contributed by atoms with Crippen LogP contribution in [0.25, 0.3) is 0 Å². The monoisotopic (exact) mass is 473 g/mol. The molecule has 0 amide bonds. The molecule has 1 aromatic rings. The number of benzene rings is 1. The minimum absolute atomic E-state index is 0.0409. The molecule has 2 heterocycles. The smallest absolute Gasteiger partial charge is 0.188 e. The van der Waals surface area contributed by atoms with Gasteiger partial charge in [0.15, 0.2) is 18.7 Å². The molecular weight excluding hydrogens is 446 g/mol. The first-order chi connectivity index (χ1) is 15.7. The molecule has 0 spiro atoms. The van der Waals surface area contributed by atoms with Crippen molar-refractivity contribution in [3.05, 3.63) is 29.8 Å². The second kappa shape index (κ2) is 11.0. The van der Waals surface area contributed by atoms with E-state index in [0.29, 0.717) is 5.56 Å². The van der Waals surface area contributed by atoms with Crippen molar-refractivity contribution < 1.29 is 59.8 Å². The number of rotatable bonds is 7. The van der Waals surface area contributed by atoms with Crippen LogP contribution in [0.3, 0.4) is 0 Å². The SMILES string of the molecule is N#C[C@H](O[C@@H]1O[C@H](CO)[C@@H](O)[C@H](O[C@@H]2O[C@H](CO)[C@@H](O)[C@H](O)[C@H]2O)[C@H]1O)c1ccc(O)cc1. The van der Waals surface area contributed by atoms with Crippen molar-refractivity contribution >= 4 is 0 Å². The van der Waals surface area contributed by atoms with Gasteiger partial charge in [-0.05, 0) is 17.7 Å². The molecule has 2 saturated heterocycles. The highest BCUT2D eigenvalue weighted by atomic mass is 16.7. The van der Waals surface area contributed by atoms with E-state index in [0.717, 1.165) is 0 Å². The molecule has 0 aromatic heterocycles. The number of hydrogen-bond donors (Lipinski definition) is 8. The molecule has 1 aromatic carbocycles. The van der Waals surface area contributed by atoms with Crippen molar-refractivity contribution in [2.75, 3.05) is 13.2 Å². The third-order valence-electron chi connectivity index (χ3n) is 5.54. The maximum absolute atomic E-state index is 10.7. The van der Waals surface area contributed by atoms with E-state index in [2.05, 4.69) is 0 Å². The second-order valence-electron chi connectivity index (χ2n) is 7.74. The molecule has 2 fully saturated rings. The number of aliphatic hydroxyl groups is 7. The number of ether oxygens (including phenoxy) is 4. The van der Waals surface area contributed by atoms with E-state index in [9.17, 15) is 46.1 Å². The number of aliphatic hydroxyl groups excluding tert-OH is 7. The maximum Gasteiger partial charge on any atom is 0.188 e. The summed E-state index contributed by atoms with van der Waals surface area (Å²) in [7, 11) is 0. The van der Waals surface area contributed by atoms with Gasteiger partial charge in [0, 0.05) is 0 Å².